The van der Waals surface area contributed by atoms with Crippen LogP contribution in [0.4, 0.5) is 0 Å². The van der Waals surface area contributed by atoms with Crippen LogP contribution in [0.1, 0.15) is 58.9 Å². The number of carbonyl (C=O) groups excluding carboxylic acids is 1. The van der Waals surface area contributed by atoms with E-state index in [-0.39, 0.29) is 17.6 Å². The fourth-order valence-electron chi connectivity index (χ4n) is 3.82. The molecule has 0 radical (unpaired) electrons. The van der Waals surface area contributed by atoms with Crippen LogP contribution in [0, 0.1) is 17.8 Å². The molecule has 1 saturated heterocycles. The molecular formula is C24H41N3O5S. The zero-order valence-electron chi connectivity index (χ0n) is 20.7. The number of nitrogens with one attached hydrogen (secondary N) is 1. The van der Waals surface area contributed by atoms with Crippen LogP contribution in [0.2, 0.25) is 0 Å². The number of carbonyl (C=O) groups is 1. The number of ether oxygens (including phenoxy) is 1. The number of phenols is 1. The Kier molecular flexibility index (Phi) is 10.4. The van der Waals surface area contributed by atoms with Gasteiger partial charge in [0.2, 0.25) is 5.91 Å². The third-order valence-corrected chi connectivity index (χ3v) is 8.14. The van der Waals surface area contributed by atoms with Crippen LogP contribution < -0.4 is 10.1 Å². The van der Waals surface area contributed by atoms with Gasteiger partial charge in [0.05, 0.1) is 7.11 Å². The minimum absolute atomic E-state index is 0.0528. The highest BCUT2D eigenvalue weighted by Gasteiger charge is 2.34. The zero-order valence-corrected chi connectivity index (χ0v) is 21.5. The van der Waals surface area contributed by atoms with Crippen LogP contribution in [-0.4, -0.2) is 61.3 Å². The lowest BCUT2D eigenvalue weighted by Crippen LogP contribution is -2.49. The molecule has 1 amide bonds. The van der Waals surface area contributed by atoms with E-state index in [2.05, 4.69) is 33.0 Å². The first-order valence-electron chi connectivity index (χ1n) is 11.9. The molecule has 1 aliphatic heterocycles. The Bertz CT molecular complexity index is 853. The molecule has 1 aromatic rings. The fraction of sp³-hybridized carbons (Fsp3) is 0.708. The molecule has 1 aliphatic rings. The van der Waals surface area contributed by atoms with Crippen molar-refractivity contribution >= 4 is 16.1 Å². The molecule has 0 spiro atoms. The maximum atomic E-state index is 13.3. The molecule has 1 aromatic carbocycles. The molecule has 2 N–H and O–H groups in total. The van der Waals surface area contributed by atoms with Crippen molar-refractivity contribution < 1.29 is 23.1 Å². The summed E-state index contributed by atoms with van der Waals surface area (Å²) >= 11 is 0. The number of piperidine rings is 1. The zero-order chi connectivity index (χ0) is 24.6. The Balaban J connectivity index is 1.92. The Labute approximate surface area is 199 Å². The molecule has 0 unspecified atom stereocenters. The second-order valence-electron chi connectivity index (χ2n) is 9.67. The molecule has 188 valence electrons. The van der Waals surface area contributed by atoms with Gasteiger partial charge < -0.3 is 15.2 Å². The van der Waals surface area contributed by atoms with Crippen LogP contribution in [-0.2, 0) is 21.5 Å². The van der Waals surface area contributed by atoms with Crippen LogP contribution in [0.15, 0.2) is 18.2 Å². The largest absolute Gasteiger partial charge is 0.504 e. The lowest BCUT2D eigenvalue weighted by molar-refractivity contribution is -0.126. The first-order chi connectivity index (χ1) is 15.5. The summed E-state index contributed by atoms with van der Waals surface area (Å²) in [6.45, 7) is 10.5. The number of nitrogens with zero attached hydrogens (tertiary/aromatic N) is 2. The van der Waals surface area contributed by atoms with E-state index < -0.39 is 10.2 Å². The van der Waals surface area contributed by atoms with Crippen LogP contribution in [0.25, 0.3) is 0 Å². The minimum Gasteiger partial charge on any atom is -0.504 e. The maximum absolute atomic E-state index is 13.3. The molecule has 0 atom stereocenters. The summed E-state index contributed by atoms with van der Waals surface area (Å²) in [4.78, 5) is 12.7. The first-order valence-corrected chi connectivity index (χ1v) is 13.3. The number of amides is 1. The van der Waals surface area contributed by atoms with Crippen molar-refractivity contribution in [2.45, 2.75) is 59.9 Å². The van der Waals surface area contributed by atoms with E-state index in [1.54, 1.807) is 20.7 Å². The Morgan fingerprint density at radius 1 is 1.15 bits per heavy atom. The topological polar surface area (TPSA) is 99.2 Å². The molecule has 33 heavy (non-hydrogen) atoms. The van der Waals surface area contributed by atoms with Gasteiger partial charge in [-0.25, -0.2) is 0 Å². The van der Waals surface area contributed by atoms with E-state index in [1.807, 2.05) is 0 Å². The van der Waals surface area contributed by atoms with E-state index in [0.717, 1.165) is 18.4 Å². The van der Waals surface area contributed by atoms with E-state index in [0.29, 0.717) is 63.2 Å². The van der Waals surface area contributed by atoms with Gasteiger partial charge >= 0.3 is 0 Å². The maximum Gasteiger partial charge on any atom is 0.281 e. The summed E-state index contributed by atoms with van der Waals surface area (Å²) in [5, 5.41) is 12.6. The highest BCUT2D eigenvalue weighted by Crippen LogP contribution is 2.27. The van der Waals surface area contributed by atoms with Crippen molar-refractivity contribution in [3.05, 3.63) is 23.8 Å². The van der Waals surface area contributed by atoms with Crippen molar-refractivity contribution in [3.8, 4) is 11.5 Å². The summed E-state index contributed by atoms with van der Waals surface area (Å²) in [6, 6.07) is 4.96. The molecule has 2 rings (SSSR count). The summed E-state index contributed by atoms with van der Waals surface area (Å²) < 4.78 is 34.9. The Hall–Kier alpha value is -1.84. The van der Waals surface area contributed by atoms with Gasteiger partial charge in [-0.05, 0) is 55.2 Å². The normalized spacial score (nSPS) is 16.0. The van der Waals surface area contributed by atoms with Crippen LogP contribution in [0.3, 0.4) is 0 Å². The highest BCUT2D eigenvalue weighted by atomic mass is 32.2. The average Bonchev–Trinajstić information content (AvgIpc) is 2.77. The molecular weight excluding hydrogens is 442 g/mol. The number of methoxy groups -OCH3 is 1. The van der Waals surface area contributed by atoms with Crippen molar-refractivity contribution in [2.75, 3.05) is 33.3 Å². The van der Waals surface area contributed by atoms with E-state index >= 15 is 0 Å². The number of hydrogen-bond donors (Lipinski definition) is 2. The molecule has 9 heteroatoms. The number of benzene rings is 1. The second-order valence-corrected chi connectivity index (χ2v) is 11.6. The molecule has 0 aliphatic carbocycles. The Morgan fingerprint density at radius 3 is 2.24 bits per heavy atom. The molecule has 1 heterocycles. The van der Waals surface area contributed by atoms with Crippen molar-refractivity contribution in [1.29, 1.82) is 0 Å². The van der Waals surface area contributed by atoms with E-state index in [1.165, 1.54) is 13.2 Å². The van der Waals surface area contributed by atoms with Gasteiger partial charge in [0.15, 0.2) is 11.5 Å². The van der Waals surface area contributed by atoms with Gasteiger partial charge in [0.25, 0.3) is 10.2 Å². The van der Waals surface area contributed by atoms with Crippen LogP contribution in [0.5, 0.6) is 11.5 Å². The summed E-state index contributed by atoms with van der Waals surface area (Å²) in [7, 11) is -2.06. The highest BCUT2D eigenvalue weighted by molar-refractivity contribution is 7.86. The molecule has 0 saturated carbocycles. The monoisotopic (exact) mass is 483 g/mol. The average molecular weight is 484 g/mol. The van der Waals surface area contributed by atoms with Crippen molar-refractivity contribution in [3.63, 3.8) is 0 Å². The molecule has 0 aromatic heterocycles. The quantitative estimate of drug-likeness (QED) is 0.475. The number of aromatic hydroxyl groups is 1. The Morgan fingerprint density at radius 2 is 1.73 bits per heavy atom. The van der Waals surface area contributed by atoms with Crippen molar-refractivity contribution in [2.24, 2.45) is 17.8 Å². The van der Waals surface area contributed by atoms with Crippen molar-refractivity contribution in [1.82, 2.24) is 13.9 Å². The standard InChI is InChI=1S/C24H41N3O5S/c1-18(2)8-12-26(13-9-19(3)4)33(30,31)27-14-10-21(11-15-27)24(29)25-17-20-6-7-22(28)23(16-20)32-5/h6-7,16,18-19,21,28H,8-15,17H2,1-5H3,(H,25,29). The fourth-order valence-corrected chi connectivity index (χ4v) is 5.50. The number of hydrogen-bond acceptors (Lipinski definition) is 5. The van der Waals surface area contributed by atoms with Gasteiger partial charge in [-0.1, -0.05) is 33.8 Å². The third-order valence-electron chi connectivity index (χ3n) is 6.10. The van der Waals surface area contributed by atoms with Gasteiger partial charge in [-0.15, -0.1) is 0 Å². The molecule has 8 nitrogen and oxygen atoms in total. The SMILES string of the molecule is COc1cc(CNC(=O)C2CCN(S(=O)(=O)N(CCC(C)C)CCC(C)C)CC2)ccc1O. The van der Waals surface area contributed by atoms with Gasteiger partial charge in [0.1, 0.15) is 0 Å². The van der Waals surface area contributed by atoms with Gasteiger partial charge in [0, 0.05) is 38.6 Å². The third kappa shape index (κ3) is 8.15. The molecule has 1 fully saturated rings. The van der Waals surface area contributed by atoms with Gasteiger partial charge in [-0.3, -0.25) is 4.79 Å². The van der Waals surface area contributed by atoms with Crippen LogP contribution >= 0.6 is 0 Å². The lowest BCUT2D eigenvalue weighted by Gasteiger charge is -2.35. The lowest BCUT2D eigenvalue weighted by atomic mass is 9.97. The summed E-state index contributed by atoms with van der Waals surface area (Å²) in [5.74, 6) is 0.997. The minimum atomic E-state index is -3.53. The second kappa shape index (κ2) is 12.6. The van der Waals surface area contributed by atoms with E-state index in [9.17, 15) is 18.3 Å². The van der Waals surface area contributed by atoms with E-state index in [4.69, 9.17) is 4.74 Å². The van der Waals surface area contributed by atoms with Gasteiger partial charge in [-0.2, -0.15) is 17.0 Å². The number of phenolic OH excluding ortho intramolecular Hbond substituents is 1. The summed E-state index contributed by atoms with van der Waals surface area (Å²) in [6.07, 6.45) is 2.68. The smallest absolute Gasteiger partial charge is 0.281 e. The number of rotatable bonds is 12. The predicted molar refractivity (Wildman–Crippen MR) is 130 cm³/mol. The predicted octanol–water partition coefficient (Wildman–Crippen LogP) is 3.37. The first kappa shape index (κ1) is 27.4. The molecule has 0 bridgehead atoms. The summed E-state index contributed by atoms with van der Waals surface area (Å²) in [5.41, 5.74) is 0.823.